The van der Waals surface area contributed by atoms with Crippen LogP contribution in [0.1, 0.15) is 12.8 Å². The van der Waals surface area contributed by atoms with Crippen molar-refractivity contribution in [2.24, 2.45) is 5.92 Å². The van der Waals surface area contributed by atoms with Gasteiger partial charge in [-0.2, -0.15) is 0 Å². The summed E-state index contributed by atoms with van der Waals surface area (Å²) in [5.41, 5.74) is 1.06. The monoisotopic (exact) mass is 147 g/mol. The number of nitrogens with zero attached hydrogens (tertiary/aromatic N) is 1. The number of rotatable bonds is 3. The highest BCUT2D eigenvalue weighted by molar-refractivity contribution is 5.39. The quantitative estimate of drug-likeness (QED) is 0.704. The highest BCUT2D eigenvalue weighted by atomic mass is 14.9. The van der Waals surface area contributed by atoms with Crippen molar-refractivity contribution in [3.8, 4) is 0 Å². The maximum Gasteiger partial charge on any atom is 0.0452 e. The second-order valence-corrected chi connectivity index (χ2v) is 2.98. The molecule has 1 aliphatic rings. The van der Waals surface area contributed by atoms with Crippen LogP contribution in [0.15, 0.2) is 18.5 Å². The average molecular weight is 147 g/mol. The van der Waals surface area contributed by atoms with E-state index in [-0.39, 0.29) is 0 Å². The smallest absolute Gasteiger partial charge is 0.0452 e. The van der Waals surface area contributed by atoms with E-state index in [2.05, 4.69) is 16.4 Å². The number of pyridine rings is 1. The maximum absolute atomic E-state index is 3.89. The first-order valence-corrected chi connectivity index (χ1v) is 4.01. The van der Waals surface area contributed by atoms with Crippen LogP contribution in [-0.4, -0.2) is 11.5 Å². The lowest BCUT2D eigenvalue weighted by Crippen LogP contribution is -2.02. The molecular formula is C9H11N2. The van der Waals surface area contributed by atoms with E-state index < -0.39 is 0 Å². The minimum absolute atomic E-state index is 0.913. The maximum atomic E-state index is 3.89. The van der Waals surface area contributed by atoms with Gasteiger partial charge in [-0.15, -0.1) is 0 Å². The Morgan fingerprint density at radius 1 is 1.64 bits per heavy atom. The van der Waals surface area contributed by atoms with Crippen LogP contribution in [0.4, 0.5) is 5.69 Å². The van der Waals surface area contributed by atoms with Crippen LogP contribution in [0.25, 0.3) is 0 Å². The predicted molar refractivity (Wildman–Crippen MR) is 44.3 cm³/mol. The van der Waals surface area contributed by atoms with Gasteiger partial charge < -0.3 is 5.32 Å². The molecule has 2 heteroatoms. The van der Waals surface area contributed by atoms with Gasteiger partial charge in [0.25, 0.3) is 0 Å². The zero-order valence-electron chi connectivity index (χ0n) is 6.38. The number of anilines is 1. The topological polar surface area (TPSA) is 24.9 Å². The van der Waals surface area contributed by atoms with Crippen molar-refractivity contribution in [1.82, 2.24) is 4.98 Å². The molecule has 0 aliphatic heterocycles. The van der Waals surface area contributed by atoms with Gasteiger partial charge in [0.2, 0.25) is 0 Å². The summed E-state index contributed by atoms with van der Waals surface area (Å²) in [5.74, 6) is 0.913. The molecule has 1 saturated carbocycles. The minimum atomic E-state index is 0.913. The van der Waals surface area contributed by atoms with Gasteiger partial charge in [-0.05, 0) is 24.8 Å². The molecule has 0 unspecified atom stereocenters. The molecule has 0 spiro atoms. The third kappa shape index (κ3) is 1.93. The molecule has 2 nitrogen and oxygen atoms in total. The molecule has 1 fully saturated rings. The van der Waals surface area contributed by atoms with Gasteiger partial charge in [-0.25, -0.2) is 0 Å². The predicted octanol–water partition coefficient (Wildman–Crippen LogP) is 1.70. The summed E-state index contributed by atoms with van der Waals surface area (Å²) < 4.78 is 0. The lowest BCUT2D eigenvalue weighted by Gasteiger charge is -2.02. The van der Waals surface area contributed by atoms with E-state index in [4.69, 9.17) is 0 Å². The molecule has 1 radical (unpaired) electrons. The van der Waals surface area contributed by atoms with E-state index in [0.29, 0.717) is 0 Å². The Kier molecular flexibility index (Phi) is 1.76. The summed E-state index contributed by atoms with van der Waals surface area (Å²) in [7, 11) is 0. The molecule has 1 aromatic heterocycles. The molecule has 0 bridgehead atoms. The molecule has 1 aromatic rings. The standard InChI is InChI=1S/C9H11N2/c1-2-8(1)7-11-9-3-5-10-6-4-9/h3,5-6,8H,1-2,7H2,(H,10,11). The molecule has 0 aromatic carbocycles. The van der Waals surface area contributed by atoms with Gasteiger partial charge in [-0.1, -0.05) is 0 Å². The summed E-state index contributed by atoms with van der Waals surface area (Å²) in [6.07, 6.45) is 6.25. The second-order valence-electron chi connectivity index (χ2n) is 2.98. The molecule has 2 rings (SSSR count). The summed E-state index contributed by atoms with van der Waals surface area (Å²) in [5, 5.41) is 3.31. The SMILES string of the molecule is [c]1cnccc1NCC1CC1. The highest BCUT2D eigenvalue weighted by Gasteiger charge is 2.20. The summed E-state index contributed by atoms with van der Waals surface area (Å²) in [6, 6.07) is 4.98. The first-order chi connectivity index (χ1) is 5.45. The fourth-order valence-electron chi connectivity index (χ4n) is 1.00. The van der Waals surface area contributed by atoms with Crippen molar-refractivity contribution < 1.29 is 0 Å². The van der Waals surface area contributed by atoms with Gasteiger partial charge in [0.1, 0.15) is 0 Å². The fourth-order valence-corrected chi connectivity index (χ4v) is 1.00. The van der Waals surface area contributed by atoms with E-state index in [1.165, 1.54) is 12.8 Å². The van der Waals surface area contributed by atoms with Crippen LogP contribution in [0.5, 0.6) is 0 Å². The van der Waals surface area contributed by atoms with E-state index >= 15 is 0 Å². The molecule has 0 amide bonds. The van der Waals surface area contributed by atoms with Crippen LogP contribution < -0.4 is 5.32 Å². The number of nitrogens with one attached hydrogen (secondary N) is 1. The van der Waals surface area contributed by atoms with Crippen molar-refractivity contribution in [3.05, 3.63) is 24.5 Å². The summed E-state index contributed by atoms with van der Waals surface area (Å²) in [6.45, 7) is 1.10. The number of aromatic nitrogens is 1. The fraction of sp³-hybridized carbons (Fsp3) is 0.444. The molecule has 1 N–H and O–H groups in total. The zero-order valence-corrected chi connectivity index (χ0v) is 6.38. The van der Waals surface area contributed by atoms with Crippen molar-refractivity contribution in [2.75, 3.05) is 11.9 Å². The van der Waals surface area contributed by atoms with Crippen LogP contribution in [0.2, 0.25) is 0 Å². The largest absolute Gasteiger partial charge is 0.384 e. The third-order valence-electron chi connectivity index (χ3n) is 1.90. The van der Waals surface area contributed by atoms with Gasteiger partial charge >= 0.3 is 0 Å². The zero-order chi connectivity index (χ0) is 7.52. The molecule has 11 heavy (non-hydrogen) atoms. The Labute approximate surface area is 66.7 Å². The van der Waals surface area contributed by atoms with Crippen molar-refractivity contribution in [3.63, 3.8) is 0 Å². The normalized spacial score (nSPS) is 16.4. The van der Waals surface area contributed by atoms with Gasteiger partial charge in [0.15, 0.2) is 0 Å². The molecule has 57 valence electrons. The van der Waals surface area contributed by atoms with Crippen LogP contribution in [0.3, 0.4) is 0 Å². The van der Waals surface area contributed by atoms with Gasteiger partial charge in [0.05, 0.1) is 0 Å². The Morgan fingerprint density at radius 3 is 3.18 bits per heavy atom. The van der Waals surface area contributed by atoms with E-state index in [1.54, 1.807) is 12.4 Å². The Morgan fingerprint density at radius 2 is 2.55 bits per heavy atom. The molecule has 0 saturated heterocycles. The summed E-state index contributed by atoms with van der Waals surface area (Å²) in [4.78, 5) is 3.89. The lowest BCUT2D eigenvalue weighted by atomic mass is 10.3. The Bertz CT molecular complexity index is 216. The van der Waals surface area contributed by atoms with Gasteiger partial charge in [0, 0.05) is 30.7 Å². The Hall–Kier alpha value is -1.05. The molecule has 1 heterocycles. The van der Waals surface area contributed by atoms with E-state index in [1.807, 2.05) is 6.07 Å². The molecular weight excluding hydrogens is 136 g/mol. The second kappa shape index (κ2) is 2.91. The third-order valence-corrected chi connectivity index (χ3v) is 1.90. The van der Waals surface area contributed by atoms with E-state index in [9.17, 15) is 0 Å². The lowest BCUT2D eigenvalue weighted by molar-refractivity contribution is 0.888. The summed E-state index contributed by atoms with van der Waals surface area (Å²) >= 11 is 0. The van der Waals surface area contributed by atoms with E-state index in [0.717, 1.165) is 18.2 Å². The van der Waals surface area contributed by atoms with Crippen molar-refractivity contribution in [2.45, 2.75) is 12.8 Å². The minimum Gasteiger partial charge on any atom is -0.384 e. The van der Waals surface area contributed by atoms with Gasteiger partial charge in [-0.3, -0.25) is 4.98 Å². The van der Waals surface area contributed by atoms with Crippen LogP contribution in [-0.2, 0) is 0 Å². The first-order valence-electron chi connectivity index (χ1n) is 4.01. The first kappa shape index (κ1) is 6.65. The average Bonchev–Trinajstić information content (AvgIpc) is 2.86. The van der Waals surface area contributed by atoms with Crippen LogP contribution in [0, 0.1) is 12.0 Å². The molecule has 0 atom stereocenters. The van der Waals surface area contributed by atoms with Crippen molar-refractivity contribution in [1.29, 1.82) is 0 Å². The molecule has 1 aliphatic carbocycles. The highest BCUT2D eigenvalue weighted by Crippen LogP contribution is 2.28. The number of hydrogen-bond acceptors (Lipinski definition) is 2. The number of hydrogen-bond donors (Lipinski definition) is 1. The van der Waals surface area contributed by atoms with Crippen LogP contribution >= 0.6 is 0 Å². The van der Waals surface area contributed by atoms with Crippen molar-refractivity contribution >= 4 is 5.69 Å². The Balaban J connectivity index is 1.85.